The molecule has 18 heavy (non-hydrogen) atoms. The van der Waals surface area contributed by atoms with Gasteiger partial charge >= 0.3 is 0 Å². The Morgan fingerprint density at radius 3 is 2.28 bits per heavy atom. The fraction of sp³-hybridized carbons (Fsp3) is 0.143. The third kappa shape index (κ3) is 3.64. The van der Waals surface area contributed by atoms with E-state index in [1.807, 2.05) is 42.5 Å². The second kappa shape index (κ2) is 6.29. The predicted molar refractivity (Wildman–Crippen MR) is 82.9 cm³/mol. The van der Waals surface area contributed by atoms with Gasteiger partial charge in [0, 0.05) is 9.50 Å². The molecular formula is C14H10BrCl3. The van der Waals surface area contributed by atoms with Crippen LogP contribution in [0, 0.1) is 0 Å². The smallest absolute Gasteiger partial charge is 0.0625 e. The highest BCUT2D eigenvalue weighted by molar-refractivity contribution is 9.10. The van der Waals surface area contributed by atoms with Crippen LogP contribution < -0.4 is 0 Å². The summed E-state index contributed by atoms with van der Waals surface area (Å²) < 4.78 is 0.864. The zero-order valence-electron chi connectivity index (χ0n) is 9.34. The summed E-state index contributed by atoms with van der Waals surface area (Å²) in [5.74, 6) is 0. The highest BCUT2D eigenvalue weighted by Crippen LogP contribution is 2.31. The second-order valence-electron chi connectivity index (χ2n) is 3.97. The molecule has 2 aromatic rings. The molecule has 0 radical (unpaired) electrons. The first kappa shape index (κ1) is 14.2. The van der Waals surface area contributed by atoms with Gasteiger partial charge in [0.1, 0.15) is 0 Å². The molecule has 0 aromatic heterocycles. The highest BCUT2D eigenvalue weighted by Gasteiger charge is 2.10. The molecule has 0 amide bonds. The van der Waals surface area contributed by atoms with Crippen LogP contribution in [0.4, 0.5) is 0 Å². The van der Waals surface area contributed by atoms with E-state index in [1.54, 1.807) is 0 Å². The zero-order chi connectivity index (χ0) is 13.1. The van der Waals surface area contributed by atoms with Crippen molar-refractivity contribution in [3.05, 3.63) is 68.1 Å². The maximum Gasteiger partial charge on any atom is 0.0625 e. The SMILES string of the molecule is Clc1ccc(CC(Cl)c2ccc(Cl)c(Br)c2)cc1. The lowest BCUT2D eigenvalue weighted by atomic mass is 10.0. The lowest BCUT2D eigenvalue weighted by Crippen LogP contribution is -1.96. The van der Waals surface area contributed by atoms with Crippen molar-refractivity contribution in [3.63, 3.8) is 0 Å². The standard InChI is InChI=1S/C14H10BrCl3/c15-12-8-10(3-6-13(12)17)14(18)7-9-1-4-11(16)5-2-9/h1-6,8,14H,7H2. The first-order valence-corrected chi connectivity index (χ1v) is 7.38. The normalized spacial score (nSPS) is 12.4. The molecule has 0 spiro atoms. The van der Waals surface area contributed by atoms with Crippen LogP contribution in [0.1, 0.15) is 16.5 Å². The van der Waals surface area contributed by atoms with E-state index in [9.17, 15) is 0 Å². The first-order valence-electron chi connectivity index (χ1n) is 5.40. The van der Waals surface area contributed by atoms with Crippen molar-refractivity contribution >= 4 is 50.7 Å². The topological polar surface area (TPSA) is 0 Å². The lowest BCUT2D eigenvalue weighted by molar-refractivity contribution is 0.919. The van der Waals surface area contributed by atoms with Crippen LogP contribution >= 0.6 is 50.7 Å². The van der Waals surface area contributed by atoms with Crippen LogP contribution in [-0.2, 0) is 6.42 Å². The third-order valence-corrected chi connectivity index (χ3v) is 4.51. The van der Waals surface area contributed by atoms with Crippen molar-refractivity contribution < 1.29 is 0 Å². The van der Waals surface area contributed by atoms with Gasteiger partial charge in [0.15, 0.2) is 0 Å². The minimum Gasteiger partial charge on any atom is -0.117 e. The van der Waals surface area contributed by atoms with Crippen LogP contribution in [-0.4, -0.2) is 0 Å². The molecule has 0 aliphatic carbocycles. The fourth-order valence-corrected chi connectivity index (χ4v) is 2.61. The summed E-state index contributed by atoms with van der Waals surface area (Å²) in [5, 5.41) is 1.34. The van der Waals surface area contributed by atoms with Crippen molar-refractivity contribution in [2.45, 2.75) is 11.8 Å². The molecule has 0 fully saturated rings. The summed E-state index contributed by atoms with van der Waals surface area (Å²) >= 11 is 21.6. The molecule has 1 unspecified atom stereocenters. The van der Waals surface area contributed by atoms with Crippen molar-refractivity contribution in [2.75, 3.05) is 0 Å². The molecule has 0 saturated carbocycles. The van der Waals surface area contributed by atoms with Gasteiger partial charge in [-0.15, -0.1) is 11.6 Å². The number of alkyl halides is 1. The van der Waals surface area contributed by atoms with Gasteiger partial charge < -0.3 is 0 Å². The van der Waals surface area contributed by atoms with Crippen molar-refractivity contribution in [1.29, 1.82) is 0 Å². The Balaban J connectivity index is 2.13. The Morgan fingerprint density at radius 1 is 1.00 bits per heavy atom. The Bertz CT molecular complexity index is 537. The molecule has 2 rings (SSSR count). The van der Waals surface area contributed by atoms with Crippen molar-refractivity contribution in [1.82, 2.24) is 0 Å². The first-order chi connectivity index (χ1) is 8.56. The second-order valence-corrected chi connectivity index (χ2v) is 6.20. The van der Waals surface area contributed by atoms with Gasteiger partial charge in [-0.3, -0.25) is 0 Å². The van der Waals surface area contributed by atoms with Crippen LogP contribution in [0.3, 0.4) is 0 Å². The maximum absolute atomic E-state index is 6.41. The molecule has 0 nitrogen and oxygen atoms in total. The molecular weight excluding hydrogens is 354 g/mol. The predicted octanol–water partition coefficient (Wildman–Crippen LogP) is 6.28. The number of hydrogen-bond acceptors (Lipinski definition) is 0. The Kier molecular flexibility index (Phi) is 4.97. The monoisotopic (exact) mass is 362 g/mol. The van der Waals surface area contributed by atoms with E-state index in [0.29, 0.717) is 5.02 Å². The molecule has 4 heteroatoms. The number of rotatable bonds is 3. The quantitative estimate of drug-likeness (QED) is 0.562. The molecule has 0 aliphatic heterocycles. The summed E-state index contributed by atoms with van der Waals surface area (Å²) in [7, 11) is 0. The van der Waals surface area contributed by atoms with Crippen molar-refractivity contribution in [2.24, 2.45) is 0 Å². The summed E-state index contributed by atoms with van der Waals surface area (Å²) in [6, 6.07) is 13.5. The number of halogens is 4. The van der Waals surface area contributed by atoms with Crippen LogP contribution in [0.25, 0.3) is 0 Å². The van der Waals surface area contributed by atoms with Gasteiger partial charge in [0.2, 0.25) is 0 Å². The molecule has 0 heterocycles. The van der Waals surface area contributed by atoms with Crippen molar-refractivity contribution in [3.8, 4) is 0 Å². The highest BCUT2D eigenvalue weighted by atomic mass is 79.9. The minimum atomic E-state index is -0.0836. The van der Waals surface area contributed by atoms with E-state index < -0.39 is 0 Å². The Hall–Kier alpha value is -0.210. The van der Waals surface area contributed by atoms with Gasteiger partial charge in [-0.25, -0.2) is 0 Å². The van der Waals surface area contributed by atoms with E-state index in [2.05, 4.69) is 15.9 Å². The van der Waals surface area contributed by atoms with Crippen LogP contribution in [0.5, 0.6) is 0 Å². The van der Waals surface area contributed by atoms with E-state index in [0.717, 1.165) is 27.0 Å². The van der Waals surface area contributed by atoms with Gasteiger partial charge in [0.05, 0.1) is 10.4 Å². The summed E-state index contributed by atoms with van der Waals surface area (Å²) in [6.07, 6.45) is 0.757. The fourth-order valence-electron chi connectivity index (χ4n) is 1.65. The number of benzene rings is 2. The maximum atomic E-state index is 6.41. The van der Waals surface area contributed by atoms with Crippen LogP contribution in [0.15, 0.2) is 46.9 Å². The molecule has 1 atom stereocenters. The van der Waals surface area contributed by atoms with E-state index in [4.69, 9.17) is 34.8 Å². The molecule has 2 aromatic carbocycles. The molecule has 0 bridgehead atoms. The minimum absolute atomic E-state index is 0.0836. The van der Waals surface area contributed by atoms with Gasteiger partial charge in [-0.05, 0) is 57.7 Å². The third-order valence-electron chi connectivity index (χ3n) is 2.63. The molecule has 0 saturated heterocycles. The number of hydrogen-bond donors (Lipinski definition) is 0. The average Bonchev–Trinajstić information content (AvgIpc) is 2.35. The lowest BCUT2D eigenvalue weighted by Gasteiger charge is -2.11. The van der Waals surface area contributed by atoms with Crippen LogP contribution in [0.2, 0.25) is 10.0 Å². The summed E-state index contributed by atoms with van der Waals surface area (Å²) in [6.45, 7) is 0. The van der Waals surface area contributed by atoms with Gasteiger partial charge in [0.25, 0.3) is 0 Å². The average molecular weight is 364 g/mol. The molecule has 0 N–H and O–H groups in total. The van der Waals surface area contributed by atoms with E-state index in [-0.39, 0.29) is 5.38 Å². The molecule has 94 valence electrons. The van der Waals surface area contributed by atoms with E-state index in [1.165, 1.54) is 0 Å². The summed E-state index contributed by atoms with van der Waals surface area (Å²) in [5.41, 5.74) is 2.20. The largest absolute Gasteiger partial charge is 0.117 e. The Morgan fingerprint density at radius 2 is 1.67 bits per heavy atom. The van der Waals surface area contributed by atoms with E-state index >= 15 is 0 Å². The van der Waals surface area contributed by atoms with Gasteiger partial charge in [-0.1, -0.05) is 41.4 Å². The molecule has 0 aliphatic rings. The zero-order valence-corrected chi connectivity index (χ0v) is 13.2. The Labute approximate surface area is 130 Å². The summed E-state index contributed by atoms with van der Waals surface area (Å²) in [4.78, 5) is 0. The van der Waals surface area contributed by atoms with Gasteiger partial charge in [-0.2, -0.15) is 0 Å².